The van der Waals surface area contributed by atoms with Crippen molar-refractivity contribution in [3.05, 3.63) is 68.9 Å². The van der Waals surface area contributed by atoms with Gasteiger partial charge in [0.1, 0.15) is 10.6 Å². The Balaban J connectivity index is 1.73. The Morgan fingerprint density at radius 2 is 2.11 bits per heavy atom. The number of rotatable bonds is 5. The van der Waals surface area contributed by atoms with Gasteiger partial charge in [-0.1, -0.05) is 12.1 Å². The lowest BCUT2D eigenvalue weighted by Crippen LogP contribution is -2.24. The molecule has 0 fully saturated rings. The van der Waals surface area contributed by atoms with Gasteiger partial charge in [0.25, 0.3) is 5.56 Å². The second-order valence-corrected chi connectivity index (χ2v) is 8.22. The number of aryl methyl sites for hydroxylation is 1. The fourth-order valence-corrected chi connectivity index (χ4v) is 4.75. The summed E-state index contributed by atoms with van der Waals surface area (Å²) in [5, 5.41) is 2.53. The first-order valence-corrected chi connectivity index (χ1v) is 9.97. The molecular formula is C20H16N2O3S2. The van der Waals surface area contributed by atoms with Crippen molar-refractivity contribution in [2.24, 2.45) is 0 Å². The normalized spacial score (nSPS) is 11.0. The molecule has 7 heteroatoms. The summed E-state index contributed by atoms with van der Waals surface area (Å²) in [5.74, 6) is 0.441. The molecule has 136 valence electrons. The molecule has 3 aromatic heterocycles. The van der Waals surface area contributed by atoms with Gasteiger partial charge in [0.15, 0.2) is 5.78 Å². The fourth-order valence-electron chi connectivity index (χ4n) is 2.88. The molecule has 0 aliphatic heterocycles. The summed E-state index contributed by atoms with van der Waals surface area (Å²) in [6, 6.07) is 11.0. The van der Waals surface area contributed by atoms with Crippen molar-refractivity contribution < 1.29 is 9.53 Å². The number of aromatic nitrogens is 2. The van der Waals surface area contributed by atoms with Crippen LogP contribution < -0.4 is 10.3 Å². The number of hydrogen-bond acceptors (Lipinski definition) is 6. The van der Waals surface area contributed by atoms with Crippen molar-refractivity contribution in [3.63, 3.8) is 0 Å². The predicted molar refractivity (Wildman–Crippen MR) is 109 cm³/mol. The Morgan fingerprint density at radius 1 is 1.26 bits per heavy atom. The van der Waals surface area contributed by atoms with Crippen LogP contribution in [0.4, 0.5) is 0 Å². The lowest BCUT2D eigenvalue weighted by atomic mass is 10.1. The van der Waals surface area contributed by atoms with Gasteiger partial charge in [-0.25, -0.2) is 4.98 Å². The van der Waals surface area contributed by atoms with Crippen molar-refractivity contribution in [3.8, 4) is 16.2 Å². The number of Topliss-reactive ketones (excluding diaryl/α,β-unsaturated/α-hetero) is 1. The maximum absolute atomic E-state index is 13.0. The van der Waals surface area contributed by atoms with Gasteiger partial charge in [-0.2, -0.15) is 0 Å². The molecule has 0 spiro atoms. The van der Waals surface area contributed by atoms with Crippen LogP contribution in [0.1, 0.15) is 15.2 Å². The number of thiophene rings is 2. The highest BCUT2D eigenvalue weighted by atomic mass is 32.1. The average molecular weight is 396 g/mol. The fraction of sp³-hybridized carbons (Fsp3) is 0.150. The van der Waals surface area contributed by atoms with E-state index in [1.165, 1.54) is 27.1 Å². The van der Waals surface area contributed by atoms with Gasteiger partial charge >= 0.3 is 0 Å². The zero-order valence-electron chi connectivity index (χ0n) is 14.8. The zero-order chi connectivity index (χ0) is 19.0. The number of hydrogen-bond donors (Lipinski definition) is 0. The first-order valence-electron chi connectivity index (χ1n) is 8.27. The van der Waals surface area contributed by atoms with Gasteiger partial charge in [-0.05, 0) is 31.2 Å². The number of methoxy groups -OCH3 is 1. The van der Waals surface area contributed by atoms with Crippen molar-refractivity contribution in [1.29, 1.82) is 0 Å². The number of carbonyl (C=O) groups is 1. The third-order valence-electron chi connectivity index (χ3n) is 4.27. The minimum atomic E-state index is -0.196. The zero-order valence-corrected chi connectivity index (χ0v) is 16.4. The average Bonchev–Trinajstić information content (AvgIpc) is 3.30. The molecule has 4 aromatic rings. The third kappa shape index (κ3) is 3.31. The molecule has 0 N–H and O–H groups in total. The highest BCUT2D eigenvalue weighted by Gasteiger charge is 2.16. The van der Waals surface area contributed by atoms with Crippen molar-refractivity contribution in [1.82, 2.24) is 9.55 Å². The Kier molecular flexibility index (Phi) is 4.63. The van der Waals surface area contributed by atoms with E-state index >= 15 is 0 Å². The van der Waals surface area contributed by atoms with E-state index in [9.17, 15) is 9.59 Å². The van der Waals surface area contributed by atoms with Crippen LogP contribution in [0.3, 0.4) is 0 Å². The summed E-state index contributed by atoms with van der Waals surface area (Å²) in [6.07, 6.45) is 1.45. The second kappa shape index (κ2) is 7.09. The Hall–Kier alpha value is -2.77. The molecule has 0 aliphatic carbocycles. The summed E-state index contributed by atoms with van der Waals surface area (Å²) < 4.78 is 6.54. The summed E-state index contributed by atoms with van der Waals surface area (Å²) in [7, 11) is 1.55. The van der Waals surface area contributed by atoms with E-state index in [1.807, 2.05) is 24.4 Å². The minimum Gasteiger partial charge on any atom is -0.497 e. The standard InChI is InChI=1S/C20H16N2O3S2/c1-12-6-7-17(27-12)15-10-26-19-18(15)20(24)22(11-21-19)9-16(23)13-4-3-5-14(8-13)25-2/h3-8,10-11H,9H2,1-2H3. The maximum atomic E-state index is 13.0. The lowest BCUT2D eigenvalue weighted by molar-refractivity contribution is 0.0970. The van der Waals surface area contributed by atoms with Crippen LogP contribution in [0.2, 0.25) is 0 Å². The molecule has 0 bridgehead atoms. The molecule has 0 unspecified atom stereocenters. The number of fused-ring (bicyclic) bond motifs is 1. The molecule has 0 radical (unpaired) electrons. The van der Waals surface area contributed by atoms with E-state index in [2.05, 4.69) is 4.98 Å². The van der Waals surface area contributed by atoms with Crippen LogP contribution in [-0.4, -0.2) is 22.4 Å². The molecule has 3 heterocycles. The quantitative estimate of drug-likeness (QED) is 0.470. The summed E-state index contributed by atoms with van der Waals surface area (Å²) >= 11 is 3.08. The van der Waals surface area contributed by atoms with Crippen LogP contribution in [0.25, 0.3) is 20.7 Å². The van der Waals surface area contributed by atoms with Crippen molar-refractivity contribution in [2.75, 3.05) is 7.11 Å². The van der Waals surface area contributed by atoms with Crippen LogP contribution in [0.15, 0.2) is 52.9 Å². The van der Waals surface area contributed by atoms with E-state index < -0.39 is 0 Å². The highest BCUT2D eigenvalue weighted by molar-refractivity contribution is 7.19. The number of ketones is 1. The van der Waals surface area contributed by atoms with Gasteiger partial charge in [0.05, 0.1) is 25.4 Å². The maximum Gasteiger partial charge on any atom is 0.263 e. The Bertz CT molecular complexity index is 1200. The van der Waals surface area contributed by atoms with Crippen molar-refractivity contribution in [2.45, 2.75) is 13.5 Å². The van der Waals surface area contributed by atoms with Gasteiger partial charge in [-0.3, -0.25) is 14.2 Å². The summed E-state index contributed by atoms with van der Waals surface area (Å²) in [4.78, 5) is 33.0. The van der Waals surface area contributed by atoms with Gasteiger partial charge in [0, 0.05) is 26.3 Å². The van der Waals surface area contributed by atoms with E-state index in [4.69, 9.17) is 4.74 Å². The van der Waals surface area contributed by atoms with E-state index in [0.717, 1.165) is 10.4 Å². The van der Waals surface area contributed by atoms with E-state index in [1.54, 1.807) is 42.7 Å². The Morgan fingerprint density at radius 3 is 2.85 bits per heavy atom. The van der Waals surface area contributed by atoms with Crippen LogP contribution in [-0.2, 0) is 6.54 Å². The molecule has 0 amide bonds. The lowest BCUT2D eigenvalue weighted by Gasteiger charge is -2.07. The molecule has 0 aliphatic rings. The van der Waals surface area contributed by atoms with Crippen LogP contribution in [0, 0.1) is 6.92 Å². The summed E-state index contributed by atoms with van der Waals surface area (Å²) in [6.45, 7) is 1.97. The second-order valence-electron chi connectivity index (χ2n) is 6.07. The van der Waals surface area contributed by atoms with Crippen molar-refractivity contribution >= 4 is 38.7 Å². The number of benzene rings is 1. The minimum absolute atomic E-state index is 0.0618. The monoisotopic (exact) mass is 396 g/mol. The molecule has 5 nitrogen and oxygen atoms in total. The summed E-state index contributed by atoms with van der Waals surface area (Å²) in [5.41, 5.74) is 1.19. The third-order valence-corrected chi connectivity index (χ3v) is 6.19. The molecule has 27 heavy (non-hydrogen) atoms. The first kappa shape index (κ1) is 17.6. The first-order chi connectivity index (χ1) is 13.1. The van der Waals surface area contributed by atoms with Gasteiger partial charge in [0.2, 0.25) is 0 Å². The molecular weight excluding hydrogens is 380 g/mol. The Labute approximate surface area is 163 Å². The molecule has 0 saturated heterocycles. The van der Waals surface area contributed by atoms with Gasteiger partial charge in [-0.15, -0.1) is 22.7 Å². The molecule has 1 aromatic carbocycles. The molecule has 4 rings (SSSR count). The van der Waals surface area contributed by atoms with Crippen LogP contribution >= 0.6 is 22.7 Å². The highest BCUT2D eigenvalue weighted by Crippen LogP contribution is 2.34. The molecule has 0 atom stereocenters. The van der Waals surface area contributed by atoms with E-state index in [-0.39, 0.29) is 17.9 Å². The van der Waals surface area contributed by atoms with Crippen LogP contribution in [0.5, 0.6) is 5.75 Å². The van der Waals surface area contributed by atoms with E-state index in [0.29, 0.717) is 21.5 Å². The predicted octanol–water partition coefficient (Wildman–Crippen LogP) is 4.39. The smallest absolute Gasteiger partial charge is 0.263 e. The topological polar surface area (TPSA) is 61.2 Å². The largest absolute Gasteiger partial charge is 0.497 e. The SMILES string of the molecule is COc1cccc(C(=O)Cn2cnc3scc(-c4ccc(C)s4)c3c2=O)c1. The number of ether oxygens (including phenoxy) is 1. The molecule has 0 saturated carbocycles. The van der Waals surface area contributed by atoms with Gasteiger partial charge < -0.3 is 4.74 Å². The number of nitrogens with zero attached hydrogens (tertiary/aromatic N) is 2. The number of carbonyl (C=O) groups excluding carboxylic acids is 1.